The number of hydrogen-bond acceptors (Lipinski definition) is 4. The van der Waals surface area contributed by atoms with Crippen molar-refractivity contribution in [3.8, 4) is 0 Å². The van der Waals surface area contributed by atoms with Gasteiger partial charge in [0, 0.05) is 0 Å². The molecule has 4 nitrogen and oxygen atoms in total. The Morgan fingerprint density at radius 1 is 0.542 bits per heavy atom. The van der Waals surface area contributed by atoms with Crippen molar-refractivity contribution in [2.24, 2.45) is 11.8 Å². The molecule has 2 aliphatic carbocycles. The maximum Gasteiger partial charge on any atom is 0.261 e. The van der Waals surface area contributed by atoms with Gasteiger partial charge >= 0.3 is 0 Å². The average molecular weight is 677 g/mol. The maximum atomic E-state index is 12.7. The first-order valence-electron chi connectivity index (χ1n) is 17.9. The van der Waals surface area contributed by atoms with Crippen molar-refractivity contribution in [2.45, 2.75) is 101 Å². The summed E-state index contributed by atoms with van der Waals surface area (Å²) in [6.07, 6.45) is 1.84. The van der Waals surface area contributed by atoms with Gasteiger partial charge in [-0.25, -0.2) is 0 Å². The molecule has 0 unspecified atom stereocenters. The first-order chi connectivity index (χ1) is 23.0. The molecule has 48 heavy (non-hydrogen) atoms. The van der Waals surface area contributed by atoms with Crippen LogP contribution < -0.4 is 20.7 Å². The molecule has 3 aliphatic rings. The minimum absolute atomic E-state index is 0.121. The summed E-state index contributed by atoms with van der Waals surface area (Å²) in [4.78, 5) is 0. The fourth-order valence-corrected chi connectivity index (χ4v) is 18.6. The number of rotatable bonds is 8. The van der Waals surface area contributed by atoms with E-state index in [0.717, 1.165) is 19.3 Å². The van der Waals surface area contributed by atoms with Crippen molar-refractivity contribution in [2.75, 3.05) is 0 Å². The number of ether oxygens (including phenoxy) is 1. The zero-order valence-electron chi connectivity index (χ0n) is 29.4. The third-order valence-electron chi connectivity index (χ3n) is 11.5. The van der Waals surface area contributed by atoms with Crippen molar-refractivity contribution >= 4 is 37.4 Å². The van der Waals surface area contributed by atoms with E-state index in [1.165, 1.54) is 20.7 Å². The molecule has 0 amide bonds. The number of aliphatic hydroxyl groups is 1. The molecule has 0 radical (unpaired) electrons. The molecule has 7 atom stereocenters. The third-order valence-corrected chi connectivity index (χ3v) is 21.6. The van der Waals surface area contributed by atoms with Gasteiger partial charge in [0.15, 0.2) is 0 Å². The molecule has 1 saturated heterocycles. The van der Waals surface area contributed by atoms with Crippen LogP contribution in [0, 0.1) is 11.8 Å². The van der Waals surface area contributed by atoms with Crippen molar-refractivity contribution in [1.29, 1.82) is 0 Å². The first kappa shape index (κ1) is 33.6. The highest BCUT2D eigenvalue weighted by Crippen LogP contribution is 2.52. The molecular formula is C42H52O4Si2. The maximum absolute atomic E-state index is 12.7. The summed E-state index contributed by atoms with van der Waals surface area (Å²) in [6, 6.07) is 43.4. The summed E-state index contributed by atoms with van der Waals surface area (Å²) in [5, 5.41) is 17.2. The van der Waals surface area contributed by atoms with E-state index >= 15 is 0 Å². The summed E-state index contributed by atoms with van der Waals surface area (Å²) in [6.45, 7) is 14.0. The highest BCUT2D eigenvalue weighted by molar-refractivity contribution is 7.00. The van der Waals surface area contributed by atoms with Crippen LogP contribution in [0.3, 0.4) is 0 Å². The second-order valence-corrected chi connectivity index (χ2v) is 24.9. The summed E-state index contributed by atoms with van der Waals surface area (Å²) < 4.78 is 22.0. The summed E-state index contributed by atoms with van der Waals surface area (Å²) in [5.41, 5.74) is 0. The van der Waals surface area contributed by atoms with Gasteiger partial charge in [-0.15, -0.1) is 0 Å². The second kappa shape index (κ2) is 12.8. The number of hydrogen-bond donors (Lipinski definition) is 1. The average Bonchev–Trinajstić information content (AvgIpc) is 3.85. The van der Waals surface area contributed by atoms with Crippen LogP contribution in [-0.2, 0) is 13.6 Å². The first-order valence-corrected chi connectivity index (χ1v) is 21.7. The molecule has 1 N–H and O–H groups in total. The van der Waals surface area contributed by atoms with Crippen LogP contribution in [0.4, 0.5) is 0 Å². The Hall–Kier alpha value is -2.85. The Morgan fingerprint density at radius 2 is 0.917 bits per heavy atom. The van der Waals surface area contributed by atoms with Crippen molar-refractivity contribution in [3.05, 3.63) is 121 Å². The Morgan fingerprint density at radius 3 is 1.31 bits per heavy atom. The molecule has 7 rings (SSSR count). The molecule has 4 aromatic rings. The van der Waals surface area contributed by atoms with E-state index in [0.29, 0.717) is 12.0 Å². The molecule has 1 heterocycles. The molecule has 6 heteroatoms. The van der Waals surface area contributed by atoms with Gasteiger partial charge < -0.3 is 18.7 Å². The zero-order valence-corrected chi connectivity index (χ0v) is 31.4. The lowest BCUT2D eigenvalue weighted by Crippen LogP contribution is -2.73. The Bertz CT molecular complexity index is 1570. The van der Waals surface area contributed by atoms with Gasteiger partial charge in [-0.3, -0.25) is 0 Å². The second-order valence-electron chi connectivity index (χ2n) is 16.4. The normalized spacial score (nSPS) is 27.5. The van der Waals surface area contributed by atoms with Crippen LogP contribution in [0.15, 0.2) is 121 Å². The molecule has 2 saturated carbocycles. The minimum Gasteiger partial charge on any atom is -0.402 e. The quantitative estimate of drug-likeness (QED) is 0.173. The third kappa shape index (κ3) is 5.78. The molecular weight excluding hydrogens is 625 g/mol. The fourth-order valence-electron chi connectivity index (χ4n) is 9.19. The lowest BCUT2D eigenvalue weighted by Gasteiger charge is -2.54. The van der Waals surface area contributed by atoms with Gasteiger partial charge in [0.25, 0.3) is 16.6 Å². The molecule has 1 aliphatic heterocycles. The van der Waals surface area contributed by atoms with Crippen LogP contribution in [0.2, 0.25) is 10.1 Å². The molecule has 0 aromatic heterocycles. The van der Waals surface area contributed by atoms with Crippen molar-refractivity contribution < 1.29 is 18.7 Å². The number of epoxide rings is 1. The zero-order chi connectivity index (χ0) is 33.7. The minimum atomic E-state index is -3.02. The van der Waals surface area contributed by atoms with E-state index in [2.05, 4.69) is 163 Å². The number of benzene rings is 4. The lowest BCUT2D eigenvalue weighted by molar-refractivity contribution is -0.122. The molecule has 0 spiro atoms. The van der Waals surface area contributed by atoms with E-state index in [1.54, 1.807) is 0 Å². The van der Waals surface area contributed by atoms with Crippen LogP contribution in [0.1, 0.15) is 60.8 Å². The van der Waals surface area contributed by atoms with Crippen LogP contribution >= 0.6 is 0 Å². The van der Waals surface area contributed by atoms with Gasteiger partial charge in [0.2, 0.25) is 0 Å². The van der Waals surface area contributed by atoms with E-state index in [1.807, 2.05) is 0 Å². The monoisotopic (exact) mass is 676 g/mol. The molecule has 252 valence electrons. The predicted molar refractivity (Wildman–Crippen MR) is 200 cm³/mol. The van der Waals surface area contributed by atoms with Crippen molar-refractivity contribution in [1.82, 2.24) is 0 Å². The van der Waals surface area contributed by atoms with Crippen LogP contribution in [0.25, 0.3) is 0 Å². The van der Waals surface area contributed by atoms with Crippen LogP contribution in [0.5, 0.6) is 0 Å². The smallest absolute Gasteiger partial charge is 0.261 e. The van der Waals surface area contributed by atoms with Gasteiger partial charge in [-0.05, 0) is 61.9 Å². The van der Waals surface area contributed by atoms with Gasteiger partial charge in [0.05, 0.1) is 30.5 Å². The molecule has 0 bridgehead atoms. The SMILES string of the molecule is CC(C)(C)[Si](O[C@@H]1[C@H](O)[C@@H]2C[C@H]3O[C@H]3C[C@@H]2C[C@H]1O[Si](c1ccccc1)(c1ccccc1)C(C)(C)C)(c1ccccc1)c1ccccc1. The van der Waals surface area contributed by atoms with E-state index < -0.39 is 28.8 Å². The van der Waals surface area contributed by atoms with Crippen LogP contribution in [-0.4, -0.2) is 52.3 Å². The largest absolute Gasteiger partial charge is 0.402 e. The van der Waals surface area contributed by atoms with Crippen molar-refractivity contribution in [3.63, 3.8) is 0 Å². The standard InChI is InChI=1S/C42H52O4Si2/c1-41(2,3)47(31-19-11-7-12-20-31,32-21-13-8-14-22-32)45-38-28-30-27-36-37(44-36)29-35(30)39(43)40(38)46-48(42(4,5)6,33-23-15-9-16-24-33)34-25-17-10-18-26-34/h7-26,30,35-40,43H,27-29H2,1-6H3/t30-,35-,36+,37-,38-,39-,40+/m1/s1. The molecule has 4 aromatic carbocycles. The Kier molecular flexibility index (Phi) is 8.97. The molecule has 3 fully saturated rings. The van der Waals surface area contributed by atoms with E-state index in [-0.39, 0.29) is 28.2 Å². The number of aliphatic hydroxyl groups excluding tert-OH is 1. The van der Waals surface area contributed by atoms with Gasteiger partial charge in [-0.1, -0.05) is 163 Å². The fraction of sp³-hybridized carbons (Fsp3) is 0.429. The lowest BCUT2D eigenvalue weighted by atomic mass is 9.67. The number of fused-ring (bicyclic) bond motifs is 2. The summed E-state index contributed by atoms with van der Waals surface area (Å²) in [7, 11) is -5.98. The Balaban J connectivity index is 1.41. The Labute approximate surface area is 289 Å². The summed E-state index contributed by atoms with van der Waals surface area (Å²) >= 11 is 0. The van der Waals surface area contributed by atoms with Gasteiger partial charge in [-0.2, -0.15) is 0 Å². The van der Waals surface area contributed by atoms with E-state index in [4.69, 9.17) is 13.6 Å². The van der Waals surface area contributed by atoms with Gasteiger partial charge in [0.1, 0.15) is 0 Å². The topological polar surface area (TPSA) is 51.2 Å². The predicted octanol–water partition coefficient (Wildman–Crippen LogP) is 6.44. The highest BCUT2D eigenvalue weighted by Gasteiger charge is 2.61. The summed E-state index contributed by atoms with van der Waals surface area (Å²) in [5.74, 6) is 0.446. The van der Waals surface area contributed by atoms with E-state index in [9.17, 15) is 5.11 Å². The highest BCUT2D eigenvalue weighted by atomic mass is 28.4.